The van der Waals surface area contributed by atoms with E-state index in [0.717, 1.165) is 5.56 Å². The number of rotatable bonds is 5. The van der Waals surface area contributed by atoms with Crippen molar-refractivity contribution in [2.24, 2.45) is 5.73 Å². The van der Waals surface area contributed by atoms with Crippen molar-refractivity contribution in [3.8, 4) is 0 Å². The Bertz CT molecular complexity index is 959. The van der Waals surface area contributed by atoms with Crippen molar-refractivity contribution in [1.82, 2.24) is 0 Å². The highest BCUT2D eigenvalue weighted by Gasteiger charge is 2.37. The van der Waals surface area contributed by atoms with Crippen LogP contribution in [0.5, 0.6) is 0 Å². The third-order valence-corrected chi connectivity index (χ3v) is 5.75. The smallest absolute Gasteiger partial charge is 0.330 e. The average molecular weight is 440 g/mol. The fourth-order valence-corrected chi connectivity index (χ4v) is 4.49. The van der Waals surface area contributed by atoms with Crippen molar-refractivity contribution < 1.29 is 34.8 Å². The molecular weight excluding hydrogens is 422 g/mol. The summed E-state index contributed by atoms with van der Waals surface area (Å²) < 4.78 is 105. The quantitative estimate of drug-likeness (QED) is 0.666. The number of nitrogens with one attached hydrogen (secondary N) is 1. The SMILES string of the molecule is Cc1cc(CCN)cc(C)c1S(=O)(=O)Nc1cc(C(F)(F)F)cc(C(F)(F)F)c1. The van der Waals surface area contributed by atoms with E-state index in [-0.39, 0.29) is 11.0 Å². The van der Waals surface area contributed by atoms with Gasteiger partial charge in [0.2, 0.25) is 0 Å². The number of benzene rings is 2. The summed E-state index contributed by atoms with van der Waals surface area (Å²) in [5.41, 5.74) is 2.76. The topological polar surface area (TPSA) is 72.2 Å². The molecule has 0 fully saturated rings. The summed E-state index contributed by atoms with van der Waals surface area (Å²) in [6.07, 6.45) is -9.69. The van der Waals surface area contributed by atoms with E-state index in [2.05, 4.69) is 0 Å². The van der Waals surface area contributed by atoms with E-state index in [9.17, 15) is 34.8 Å². The summed E-state index contributed by atoms with van der Waals surface area (Å²) in [4.78, 5) is -0.218. The van der Waals surface area contributed by atoms with E-state index < -0.39 is 39.2 Å². The van der Waals surface area contributed by atoms with Crippen LogP contribution in [0, 0.1) is 13.8 Å². The molecule has 0 aliphatic heterocycles. The zero-order valence-corrected chi connectivity index (χ0v) is 16.2. The van der Waals surface area contributed by atoms with Gasteiger partial charge in [0.25, 0.3) is 10.0 Å². The van der Waals surface area contributed by atoms with Gasteiger partial charge in [0.1, 0.15) is 0 Å². The van der Waals surface area contributed by atoms with Gasteiger partial charge >= 0.3 is 12.4 Å². The normalized spacial score (nSPS) is 12.9. The molecule has 29 heavy (non-hydrogen) atoms. The zero-order valence-electron chi connectivity index (χ0n) is 15.4. The van der Waals surface area contributed by atoms with Crippen molar-refractivity contribution in [2.75, 3.05) is 11.3 Å². The number of hydrogen-bond acceptors (Lipinski definition) is 3. The van der Waals surface area contributed by atoms with E-state index >= 15 is 0 Å². The number of aryl methyl sites for hydroxylation is 2. The Morgan fingerprint density at radius 3 is 1.69 bits per heavy atom. The minimum atomic E-state index is -5.09. The van der Waals surface area contributed by atoms with Crippen LogP contribution in [-0.4, -0.2) is 15.0 Å². The Hall–Kier alpha value is -2.27. The van der Waals surface area contributed by atoms with Crippen LogP contribution >= 0.6 is 0 Å². The summed E-state index contributed by atoms with van der Waals surface area (Å²) in [6, 6.07) is 3.68. The van der Waals surface area contributed by atoms with Crippen molar-refractivity contribution in [3.63, 3.8) is 0 Å². The predicted octanol–water partition coefficient (Wildman–Crippen LogP) is 4.64. The highest BCUT2D eigenvalue weighted by Crippen LogP contribution is 2.38. The molecule has 0 radical (unpaired) electrons. The van der Waals surface area contributed by atoms with Gasteiger partial charge in [0, 0.05) is 0 Å². The molecule has 0 aliphatic rings. The molecule has 0 atom stereocenters. The van der Waals surface area contributed by atoms with E-state index in [1.54, 1.807) is 12.1 Å². The van der Waals surface area contributed by atoms with Crippen molar-refractivity contribution in [1.29, 1.82) is 0 Å². The van der Waals surface area contributed by atoms with E-state index in [4.69, 9.17) is 5.73 Å². The molecule has 0 bridgehead atoms. The van der Waals surface area contributed by atoms with Gasteiger partial charge in [-0.15, -0.1) is 0 Å². The van der Waals surface area contributed by atoms with Crippen molar-refractivity contribution in [2.45, 2.75) is 37.5 Å². The number of alkyl halides is 6. The average Bonchev–Trinajstić information content (AvgIpc) is 2.51. The third kappa shape index (κ3) is 5.41. The van der Waals surface area contributed by atoms with Crippen molar-refractivity contribution >= 4 is 15.7 Å². The molecule has 0 spiro atoms. The Morgan fingerprint density at radius 1 is 0.862 bits per heavy atom. The van der Waals surface area contributed by atoms with Crippen LogP contribution in [0.2, 0.25) is 0 Å². The second-order valence-electron chi connectivity index (χ2n) is 6.50. The van der Waals surface area contributed by atoms with Gasteiger partial charge in [-0.1, -0.05) is 12.1 Å². The summed E-state index contributed by atoms with van der Waals surface area (Å²) in [6.45, 7) is 3.29. The molecule has 0 heterocycles. The lowest BCUT2D eigenvalue weighted by atomic mass is 10.1. The van der Waals surface area contributed by atoms with Gasteiger partial charge in [0.15, 0.2) is 0 Å². The number of halogens is 6. The molecule has 160 valence electrons. The molecule has 0 aliphatic carbocycles. The first-order chi connectivity index (χ1) is 13.1. The predicted molar refractivity (Wildman–Crippen MR) is 95.9 cm³/mol. The lowest BCUT2D eigenvalue weighted by Gasteiger charge is -2.17. The highest BCUT2D eigenvalue weighted by atomic mass is 32.2. The minimum absolute atomic E-state index is 0.0735. The number of anilines is 1. The van der Waals surface area contributed by atoms with Gasteiger partial charge in [-0.25, -0.2) is 8.42 Å². The number of sulfonamides is 1. The second kappa shape index (κ2) is 7.86. The largest absolute Gasteiger partial charge is 0.416 e. The van der Waals surface area contributed by atoms with Crippen LogP contribution in [0.4, 0.5) is 32.0 Å². The summed E-state index contributed by atoms with van der Waals surface area (Å²) in [5.74, 6) is 0. The van der Waals surface area contributed by atoms with Crippen LogP contribution < -0.4 is 10.5 Å². The molecule has 4 nitrogen and oxygen atoms in total. The maximum Gasteiger partial charge on any atom is 0.416 e. The maximum absolute atomic E-state index is 13.0. The van der Waals surface area contributed by atoms with Gasteiger partial charge in [-0.2, -0.15) is 26.3 Å². The molecule has 0 saturated heterocycles. The van der Waals surface area contributed by atoms with Gasteiger partial charge in [-0.05, 0) is 61.7 Å². The Morgan fingerprint density at radius 2 is 1.31 bits per heavy atom. The molecule has 11 heteroatoms. The van der Waals surface area contributed by atoms with E-state index in [0.29, 0.717) is 36.2 Å². The molecule has 2 aromatic carbocycles. The summed E-state index contributed by atoms with van der Waals surface area (Å²) in [5, 5.41) is 0. The molecule has 0 amide bonds. The zero-order chi connectivity index (χ0) is 22.2. The van der Waals surface area contributed by atoms with Crippen LogP contribution in [0.25, 0.3) is 0 Å². The first-order valence-corrected chi connectivity index (χ1v) is 9.76. The molecular formula is C18H18F6N2O2S. The second-order valence-corrected chi connectivity index (χ2v) is 8.12. The van der Waals surface area contributed by atoms with Gasteiger partial charge < -0.3 is 5.73 Å². The van der Waals surface area contributed by atoms with Gasteiger partial charge in [-0.3, -0.25) is 4.72 Å². The first kappa shape index (κ1) is 23.0. The lowest BCUT2D eigenvalue weighted by Crippen LogP contribution is -2.18. The fraction of sp³-hybridized carbons (Fsp3) is 0.333. The number of nitrogens with two attached hydrogens (primary N) is 1. The standard InChI is InChI=1S/C18H18F6N2O2S/c1-10-5-12(3-4-25)6-11(2)16(10)29(27,28)26-15-8-13(17(19,20)21)7-14(9-15)18(22,23)24/h5-9,26H,3-4,25H2,1-2H3. The Kier molecular flexibility index (Phi) is 6.24. The number of hydrogen-bond donors (Lipinski definition) is 2. The minimum Gasteiger partial charge on any atom is -0.330 e. The highest BCUT2D eigenvalue weighted by molar-refractivity contribution is 7.92. The van der Waals surface area contributed by atoms with Crippen LogP contribution in [0.1, 0.15) is 27.8 Å². The Balaban J connectivity index is 2.55. The molecule has 2 aromatic rings. The summed E-state index contributed by atoms with van der Waals surface area (Å²) >= 11 is 0. The molecule has 0 saturated carbocycles. The van der Waals surface area contributed by atoms with E-state index in [1.807, 2.05) is 4.72 Å². The van der Waals surface area contributed by atoms with Crippen LogP contribution in [0.3, 0.4) is 0 Å². The Labute approximate surface area is 163 Å². The maximum atomic E-state index is 13.0. The molecule has 3 N–H and O–H groups in total. The molecule has 0 unspecified atom stereocenters. The summed E-state index contributed by atoms with van der Waals surface area (Å²) in [7, 11) is -4.45. The first-order valence-electron chi connectivity index (χ1n) is 8.27. The van der Waals surface area contributed by atoms with E-state index in [1.165, 1.54) is 13.8 Å². The van der Waals surface area contributed by atoms with Crippen LogP contribution in [0.15, 0.2) is 35.2 Å². The third-order valence-electron chi connectivity index (χ3n) is 4.06. The monoisotopic (exact) mass is 440 g/mol. The van der Waals surface area contributed by atoms with Crippen molar-refractivity contribution in [3.05, 3.63) is 58.1 Å². The lowest BCUT2D eigenvalue weighted by molar-refractivity contribution is -0.143. The molecule has 0 aromatic heterocycles. The molecule has 2 rings (SSSR count). The van der Waals surface area contributed by atoms with Crippen LogP contribution in [-0.2, 0) is 28.8 Å². The van der Waals surface area contributed by atoms with Gasteiger partial charge in [0.05, 0.1) is 21.7 Å². The fourth-order valence-electron chi connectivity index (χ4n) is 2.99.